The van der Waals surface area contributed by atoms with Gasteiger partial charge in [0.25, 0.3) is 0 Å². The molecule has 0 radical (unpaired) electrons. The van der Waals surface area contributed by atoms with Crippen LogP contribution in [-0.4, -0.2) is 22.7 Å². The van der Waals surface area contributed by atoms with E-state index in [0.717, 1.165) is 29.4 Å². The van der Waals surface area contributed by atoms with Crippen LogP contribution < -0.4 is 0 Å². The fourth-order valence-electron chi connectivity index (χ4n) is 9.00. The topological polar surface area (TPSA) is 18.5 Å². The van der Waals surface area contributed by atoms with Crippen LogP contribution in [0.1, 0.15) is 113 Å². The van der Waals surface area contributed by atoms with Crippen molar-refractivity contribution in [2.45, 2.75) is 156 Å². The second-order valence-electron chi connectivity index (χ2n) is 17.4. The highest BCUT2D eigenvalue weighted by atomic mass is 28.4. The highest BCUT2D eigenvalue weighted by molar-refractivity contribution is 6.74. The zero-order valence-electron chi connectivity index (χ0n) is 26.9. The molecule has 0 amide bonds. The Labute approximate surface area is 233 Å². The van der Waals surface area contributed by atoms with E-state index in [2.05, 4.69) is 88.2 Å². The van der Waals surface area contributed by atoms with Gasteiger partial charge in [-0.2, -0.15) is 0 Å². The minimum atomic E-state index is -1.84. The molecule has 0 aliphatic heterocycles. The number of hydrogen-bond donors (Lipinski definition) is 0. The number of fused-ring (bicyclic) bond motifs is 5. The van der Waals surface area contributed by atoms with Gasteiger partial charge < -0.3 is 8.85 Å². The average Bonchev–Trinajstić information content (AvgIpc) is 3.09. The molecule has 0 unspecified atom stereocenters. The van der Waals surface area contributed by atoms with Crippen molar-refractivity contribution in [1.29, 1.82) is 0 Å². The van der Waals surface area contributed by atoms with Gasteiger partial charge in [0.15, 0.2) is 8.32 Å². The summed E-state index contributed by atoms with van der Waals surface area (Å²) >= 11 is 0. The first-order valence-corrected chi connectivity index (χ1v) is 21.6. The van der Waals surface area contributed by atoms with E-state index in [1.807, 2.05) is 0 Å². The molecule has 0 N–H and O–H groups in total. The predicted octanol–water partition coefficient (Wildman–Crippen LogP) is 10.6. The highest BCUT2D eigenvalue weighted by Gasteiger charge is 2.61. The van der Waals surface area contributed by atoms with Crippen molar-refractivity contribution in [3.05, 3.63) is 12.3 Å². The lowest BCUT2D eigenvalue weighted by Gasteiger charge is -2.61. The largest absolute Gasteiger partial charge is 0.547 e. The van der Waals surface area contributed by atoms with Crippen LogP contribution in [-0.2, 0) is 8.85 Å². The third-order valence-corrected chi connectivity index (χ3v) is 22.4. The lowest BCUT2D eigenvalue weighted by molar-refractivity contribution is -0.124. The number of rotatable bonds is 5. The van der Waals surface area contributed by atoms with Crippen LogP contribution in [0.4, 0.5) is 0 Å². The van der Waals surface area contributed by atoms with E-state index in [9.17, 15) is 0 Å². The predicted molar refractivity (Wildman–Crippen MR) is 165 cm³/mol. The maximum Gasteiger partial charge on any atom is 0.250 e. The molecule has 8 atom stereocenters. The van der Waals surface area contributed by atoms with Crippen LogP contribution >= 0.6 is 0 Å². The van der Waals surface area contributed by atoms with Crippen molar-refractivity contribution >= 4 is 16.6 Å². The molecule has 2 nitrogen and oxygen atoms in total. The van der Waals surface area contributed by atoms with Crippen molar-refractivity contribution in [1.82, 2.24) is 0 Å². The molecule has 4 aliphatic carbocycles. The Morgan fingerprint density at radius 2 is 1.30 bits per heavy atom. The lowest BCUT2D eigenvalue weighted by Crippen LogP contribution is -2.55. The van der Waals surface area contributed by atoms with Gasteiger partial charge in [-0.1, -0.05) is 62.0 Å². The maximum atomic E-state index is 6.98. The standard InChI is InChI=1S/C33H62O2Si2/c1-23(34-36(10,11)30(2,3)4)27-16-17-28-26-15-14-24-22-25(35-37(12,13)31(5,6)7)18-20-32(24,8)29(26)19-21-33(27,28)9/h24-29H,1,14-22H2,2-13H3/t24-,25+,26-,27+,28-,29-,32-,33+/m0/s1. The molecule has 4 saturated carbocycles. The first-order chi connectivity index (χ1) is 16.7. The molecule has 0 spiro atoms. The summed E-state index contributed by atoms with van der Waals surface area (Å²) in [6.45, 7) is 33.8. The quantitative estimate of drug-likeness (QED) is 0.252. The summed E-state index contributed by atoms with van der Waals surface area (Å²) in [6.07, 6.45) is 12.8. The van der Waals surface area contributed by atoms with Gasteiger partial charge in [-0.05, 0) is 129 Å². The molecular weight excluding hydrogens is 485 g/mol. The van der Waals surface area contributed by atoms with Gasteiger partial charge in [-0.3, -0.25) is 0 Å². The van der Waals surface area contributed by atoms with E-state index >= 15 is 0 Å². The Hall–Kier alpha value is -0.0662. The first-order valence-electron chi connectivity index (χ1n) is 15.8. The van der Waals surface area contributed by atoms with Crippen molar-refractivity contribution < 1.29 is 8.85 Å². The zero-order valence-corrected chi connectivity index (χ0v) is 28.9. The summed E-state index contributed by atoms with van der Waals surface area (Å²) in [5, 5.41) is 0.531. The summed E-state index contributed by atoms with van der Waals surface area (Å²) < 4.78 is 13.8. The van der Waals surface area contributed by atoms with Crippen molar-refractivity contribution in [2.24, 2.45) is 40.4 Å². The summed E-state index contributed by atoms with van der Waals surface area (Å²) in [6, 6.07) is 0. The molecule has 0 heterocycles. The van der Waals surface area contributed by atoms with Crippen LogP contribution in [0.3, 0.4) is 0 Å². The smallest absolute Gasteiger partial charge is 0.250 e. The summed E-state index contributed by atoms with van der Waals surface area (Å²) in [5.74, 6) is 5.21. The molecule has 0 saturated heterocycles. The van der Waals surface area contributed by atoms with Crippen molar-refractivity contribution in [3.8, 4) is 0 Å². The Morgan fingerprint density at radius 1 is 0.730 bits per heavy atom. The van der Waals surface area contributed by atoms with E-state index in [4.69, 9.17) is 8.85 Å². The normalized spacial score (nSPS) is 41.0. The minimum absolute atomic E-state index is 0.229. The van der Waals surface area contributed by atoms with Crippen LogP contribution in [0.2, 0.25) is 36.3 Å². The molecule has 0 aromatic heterocycles. The Balaban J connectivity index is 1.46. The van der Waals surface area contributed by atoms with Gasteiger partial charge in [0.1, 0.15) is 0 Å². The van der Waals surface area contributed by atoms with Gasteiger partial charge in [-0.15, -0.1) is 0 Å². The Morgan fingerprint density at radius 3 is 1.89 bits per heavy atom. The Kier molecular flexibility index (Phi) is 7.68. The highest BCUT2D eigenvalue weighted by Crippen LogP contribution is 2.68. The molecule has 0 bridgehead atoms. The monoisotopic (exact) mass is 546 g/mol. The number of allylic oxidation sites excluding steroid dienone is 1. The van der Waals surface area contributed by atoms with Gasteiger partial charge >= 0.3 is 0 Å². The van der Waals surface area contributed by atoms with E-state index in [0.29, 0.717) is 27.9 Å². The van der Waals surface area contributed by atoms with E-state index in [1.54, 1.807) is 0 Å². The van der Waals surface area contributed by atoms with Gasteiger partial charge in [0.05, 0.1) is 5.76 Å². The van der Waals surface area contributed by atoms with Crippen molar-refractivity contribution in [3.63, 3.8) is 0 Å². The van der Waals surface area contributed by atoms with Crippen LogP contribution in [0.5, 0.6) is 0 Å². The molecule has 0 aromatic rings. The second kappa shape index (κ2) is 9.50. The molecule has 4 rings (SSSR count). The molecule has 4 heteroatoms. The van der Waals surface area contributed by atoms with E-state index in [1.165, 1.54) is 57.8 Å². The fraction of sp³-hybridized carbons (Fsp3) is 0.939. The maximum absolute atomic E-state index is 6.98. The SMILES string of the molecule is C=C(O[Si](C)(C)C(C)(C)C)[C@H]1CC[C@H]2[C@@H]3CC[C@H]4C[C@H](O[Si](C)(C)C(C)(C)C)CC[C@]4(C)[C@H]3CC[C@]12C. The zero-order chi connectivity index (χ0) is 27.8. The molecule has 4 fully saturated rings. The van der Waals surface area contributed by atoms with E-state index < -0.39 is 16.6 Å². The first kappa shape index (κ1) is 29.9. The average molecular weight is 547 g/mol. The second-order valence-corrected chi connectivity index (χ2v) is 26.9. The van der Waals surface area contributed by atoms with E-state index in [-0.39, 0.29) is 5.04 Å². The summed E-state index contributed by atoms with van der Waals surface area (Å²) in [4.78, 5) is 0. The lowest BCUT2D eigenvalue weighted by atomic mass is 9.44. The molecule has 0 aromatic carbocycles. The Bertz CT molecular complexity index is 865. The summed E-state index contributed by atoms with van der Waals surface area (Å²) in [5.41, 5.74) is 0.900. The van der Waals surface area contributed by atoms with Crippen LogP contribution in [0, 0.1) is 40.4 Å². The molecule has 214 valence electrons. The minimum Gasteiger partial charge on any atom is -0.547 e. The molecule has 37 heavy (non-hydrogen) atoms. The van der Waals surface area contributed by atoms with Crippen LogP contribution in [0.25, 0.3) is 0 Å². The van der Waals surface area contributed by atoms with Crippen molar-refractivity contribution in [2.75, 3.05) is 0 Å². The summed E-state index contributed by atoms with van der Waals surface area (Å²) in [7, 11) is -3.54. The number of hydrogen-bond acceptors (Lipinski definition) is 2. The fourth-order valence-corrected chi connectivity index (χ4v) is 11.5. The molecular formula is C33H62O2Si2. The van der Waals surface area contributed by atoms with Gasteiger partial charge in [0, 0.05) is 12.0 Å². The third kappa shape index (κ3) is 5.12. The van der Waals surface area contributed by atoms with Crippen LogP contribution in [0.15, 0.2) is 12.3 Å². The third-order valence-electron chi connectivity index (χ3n) is 13.5. The van der Waals surface area contributed by atoms with Gasteiger partial charge in [0.2, 0.25) is 8.32 Å². The molecule has 4 aliphatic rings. The van der Waals surface area contributed by atoms with Gasteiger partial charge in [-0.25, -0.2) is 0 Å².